The molecule has 0 aromatic rings. The van der Waals surface area contributed by atoms with Crippen molar-refractivity contribution in [2.45, 2.75) is 31.3 Å². The highest BCUT2D eigenvalue weighted by Crippen LogP contribution is 2.14. The Labute approximate surface area is 56.0 Å². The Kier molecular flexibility index (Phi) is 1.44. The number of rotatable bonds is 0. The zero-order valence-electron chi connectivity index (χ0n) is 5.69. The molecule has 0 spiro atoms. The third-order valence-corrected chi connectivity index (χ3v) is 2.36. The van der Waals surface area contributed by atoms with E-state index in [1.807, 2.05) is 0 Å². The van der Waals surface area contributed by atoms with Gasteiger partial charge in [0.1, 0.15) is 0 Å². The fourth-order valence-corrected chi connectivity index (χ4v) is 1.86. The zero-order valence-corrected chi connectivity index (χ0v) is 5.69. The molecule has 0 aromatic carbocycles. The maximum absolute atomic E-state index is 3.59. The second-order valence-electron chi connectivity index (χ2n) is 3.15. The first-order valence-corrected chi connectivity index (χ1v) is 3.92. The molecule has 0 unspecified atom stereocenters. The Morgan fingerprint density at radius 1 is 1.00 bits per heavy atom. The summed E-state index contributed by atoms with van der Waals surface area (Å²) in [5.41, 5.74) is 0. The first-order valence-electron chi connectivity index (χ1n) is 3.92. The molecule has 2 rings (SSSR count). The lowest BCUT2D eigenvalue weighted by atomic mass is 9.96. The van der Waals surface area contributed by atoms with Crippen LogP contribution in [0.3, 0.4) is 0 Å². The summed E-state index contributed by atoms with van der Waals surface area (Å²) in [7, 11) is 0. The van der Waals surface area contributed by atoms with Crippen LogP contribution in [0.4, 0.5) is 0 Å². The van der Waals surface area contributed by atoms with Crippen molar-refractivity contribution in [2.75, 3.05) is 13.1 Å². The van der Waals surface area contributed by atoms with E-state index in [4.69, 9.17) is 0 Å². The van der Waals surface area contributed by atoms with Crippen LogP contribution in [-0.2, 0) is 0 Å². The highest BCUT2D eigenvalue weighted by molar-refractivity contribution is 4.87. The average molecular weight is 126 g/mol. The van der Waals surface area contributed by atoms with Crippen molar-refractivity contribution in [1.29, 1.82) is 0 Å². The molecule has 0 aliphatic carbocycles. The maximum Gasteiger partial charge on any atom is 0.0195 e. The van der Waals surface area contributed by atoms with Gasteiger partial charge in [-0.25, -0.2) is 0 Å². The highest BCUT2D eigenvalue weighted by atomic mass is 15.1. The van der Waals surface area contributed by atoms with Gasteiger partial charge in [-0.2, -0.15) is 0 Å². The first kappa shape index (κ1) is 5.69. The van der Waals surface area contributed by atoms with Gasteiger partial charge < -0.3 is 10.6 Å². The summed E-state index contributed by atoms with van der Waals surface area (Å²) in [5, 5.41) is 7.01. The van der Waals surface area contributed by atoms with Crippen molar-refractivity contribution in [2.24, 2.45) is 0 Å². The maximum atomic E-state index is 3.59. The van der Waals surface area contributed by atoms with Gasteiger partial charge in [-0.15, -0.1) is 0 Å². The van der Waals surface area contributed by atoms with E-state index in [1.54, 1.807) is 0 Å². The molecule has 2 fully saturated rings. The van der Waals surface area contributed by atoms with E-state index in [9.17, 15) is 0 Å². The van der Waals surface area contributed by atoms with Crippen LogP contribution < -0.4 is 10.6 Å². The Bertz CT molecular complexity index is 83.1. The Morgan fingerprint density at radius 3 is 2.22 bits per heavy atom. The van der Waals surface area contributed by atoms with Gasteiger partial charge in [-0.3, -0.25) is 0 Å². The van der Waals surface area contributed by atoms with Crippen LogP contribution in [0.1, 0.15) is 19.3 Å². The summed E-state index contributed by atoms with van der Waals surface area (Å²) in [5.74, 6) is 0. The molecule has 0 saturated carbocycles. The number of piperazine rings is 1. The van der Waals surface area contributed by atoms with Gasteiger partial charge in [0.2, 0.25) is 0 Å². The van der Waals surface area contributed by atoms with E-state index in [2.05, 4.69) is 10.6 Å². The minimum atomic E-state index is 0.789. The Hall–Kier alpha value is -0.0800. The second kappa shape index (κ2) is 2.27. The number of nitrogens with one attached hydrogen (secondary N) is 2. The van der Waals surface area contributed by atoms with Crippen LogP contribution in [0.2, 0.25) is 0 Å². The van der Waals surface area contributed by atoms with Crippen LogP contribution in [0, 0.1) is 0 Å². The SMILES string of the molecule is C1C[C@@H]2CNC[C@H](C1)N2. The molecule has 2 heteroatoms. The Balaban J connectivity index is 1.96. The Morgan fingerprint density at radius 2 is 1.67 bits per heavy atom. The second-order valence-corrected chi connectivity index (χ2v) is 3.15. The van der Waals surface area contributed by atoms with Crippen molar-refractivity contribution in [3.05, 3.63) is 0 Å². The standard InChI is InChI=1S/C7H14N2/c1-2-6-4-8-5-7(3-1)9-6/h6-9H,1-5H2/t6-,7+. The molecule has 0 aromatic heterocycles. The smallest absolute Gasteiger partial charge is 0.0195 e. The number of fused-ring (bicyclic) bond motifs is 2. The van der Waals surface area contributed by atoms with Crippen molar-refractivity contribution in [3.8, 4) is 0 Å². The van der Waals surface area contributed by atoms with Crippen molar-refractivity contribution >= 4 is 0 Å². The summed E-state index contributed by atoms with van der Waals surface area (Å²) in [4.78, 5) is 0. The molecular weight excluding hydrogens is 112 g/mol. The minimum absolute atomic E-state index is 0.789. The number of piperidine rings is 1. The molecule has 2 aliphatic rings. The third-order valence-electron chi connectivity index (χ3n) is 2.36. The summed E-state index contributed by atoms with van der Waals surface area (Å²) in [6, 6.07) is 1.58. The molecular formula is C7H14N2. The van der Waals surface area contributed by atoms with Crippen molar-refractivity contribution in [1.82, 2.24) is 10.6 Å². The topological polar surface area (TPSA) is 24.1 Å². The predicted molar refractivity (Wildman–Crippen MR) is 37.4 cm³/mol. The summed E-state index contributed by atoms with van der Waals surface area (Å²) >= 11 is 0. The number of hydrogen-bond donors (Lipinski definition) is 2. The fourth-order valence-electron chi connectivity index (χ4n) is 1.86. The van der Waals surface area contributed by atoms with Crippen LogP contribution >= 0.6 is 0 Å². The molecule has 2 saturated heterocycles. The lowest BCUT2D eigenvalue weighted by Gasteiger charge is -2.36. The van der Waals surface area contributed by atoms with Gasteiger partial charge in [0.25, 0.3) is 0 Å². The lowest BCUT2D eigenvalue weighted by molar-refractivity contribution is 0.260. The molecule has 2 bridgehead atoms. The van der Waals surface area contributed by atoms with E-state index >= 15 is 0 Å². The molecule has 2 N–H and O–H groups in total. The molecule has 2 heterocycles. The van der Waals surface area contributed by atoms with E-state index < -0.39 is 0 Å². The number of hydrogen-bond acceptors (Lipinski definition) is 2. The quantitative estimate of drug-likeness (QED) is 0.481. The summed E-state index contributed by atoms with van der Waals surface area (Å²) in [6.45, 7) is 2.38. The summed E-state index contributed by atoms with van der Waals surface area (Å²) < 4.78 is 0. The summed E-state index contributed by atoms with van der Waals surface area (Å²) in [6.07, 6.45) is 4.19. The molecule has 2 aliphatic heterocycles. The van der Waals surface area contributed by atoms with Gasteiger partial charge in [0, 0.05) is 25.2 Å². The molecule has 9 heavy (non-hydrogen) atoms. The van der Waals surface area contributed by atoms with Crippen molar-refractivity contribution in [3.63, 3.8) is 0 Å². The van der Waals surface area contributed by atoms with Gasteiger partial charge in [0.05, 0.1) is 0 Å². The molecule has 0 amide bonds. The third kappa shape index (κ3) is 1.10. The van der Waals surface area contributed by atoms with Gasteiger partial charge >= 0.3 is 0 Å². The van der Waals surface area contributed by atoms with Gasteiger partial charge in [-0.05, 0) is 12.8 Å². The fraction of sp³-hybridized carbons (Fsp3) is 1.00. The largest absolute Gasteiger partial charge is 0.314 e. The lowest BCUT2D eigenvalue weighted by Crippen LogP contribution is -2.57. The monoisotopic (exact) mass is 126 g/mol. The van der Waals surface area contributed by atoms with Gasteiger partial charge in [-0.1, -0.05) is 6.42 Å². The van der Waals surface area contributed by atoms with E-state index in [-0.39, 0.29) is 0 Å². The van der Waals surface area contributed by atoms with Crippen LogP contribution in [0.15, 0.2) is 0 Å². The molecule has 2 nitrogen and oxygen atoms in total. The normalized spacial score (nSPS) is 42.7. The van der Waals surface area contributed by atoms with E-state index in [0.717, 1.165) is 12.1 Å². The molecule has 0 radical (unpaired) electrons. The minimum Gasteiger partial charge on any atom is -0.314 e. The zero-order chi connectivity index (χ0) is 6.10. The molecule has 2 atom stereocenters. The molecule has 52 valence electrons. The van der Waals surface area contributed by atoms with E-state index in [1.165, 1.54) is 32.4 Å². The average Bonchev–Trinajstić information content (AvgIpc) is 1.88. The van der Waals surface area contributed by atoms with Crippen LogP contribution in [0.25, 0.3) is 0 Å². The van der Waals surface area contributed by atoms with Crippen LogP contribution in [0.5, 0.6) is 0 Å². The van der Waals surface area contributed by atoms with Gasteiger partial charge in [0.15, 0.2) is 0 Å². The highest BCUT2D eigenvalue weighted by Gasteiger charge is 2.23. The van der Waals surface area contributed by atoms with Crippen LogP contribution in [-0.4, -0.2) is 25.2 Å². The first-order chi connectivity index (χ1) is 4.45. The van der Waals surface area contributed by atoms with Crippen molar-refractivity contribution < 1.29 is 0 Å². The predicted octanol–water partition coefficient (Wildman–Crippen LogP) is 0.100. The van der Waals surface area contributed by atoms with E-state index in [0.29, 0.717) is 0 Å².